The second-order valence-electron chi connectivity index (χ2n) is 5.20. The molecule has 1 fully saturated rings. The van der Waals surface area contributed by atoms with Gasteiger partial charge in [-0.05, 0) is 17.5 Å². The molecule has 96 valence electrons. The molecule has 0 unspecified atom stereocenters. The number of hydrogen-bond acceptors (Lipinski definition) is 3. The highest BCUT2D eigenvalue weighted by molar-refractivity contribution is 5.83. The van der Waals surface area contributed by atoms with Crippen molar-refractivity contribution in [2.24, 2.45) is 5.92 Å². The van der Waals surface area contributed by atoms with Crippen molar-refractivity contribution in [3.63, 3.8) is 0 Å². The second-order valence-corrected chi connectivity index (χ2v) is 5.20. The molecule has 0 radical (unpaired) electrons. The van der Waals surface area contributed by atoms with E-state index in [0.29, 0.717) is 13.1 Å². The van der Waals surface area contributed by atoms with E-state index in [1.54, 1.807) is 0 Å². The number of amides is 1. The number of carbonyl (C=O) groups excluding carboxylic acids is 1. The van der Waals surface area contributed by atoms with Gasteiger partial charge in [0.1, 0.15) is 0 Å². The summed E-state index contributed by atoms with van der Waals surface area (Å²) in [7, 11) is 0. The highest BCUT2D eigenvalue weighted by atomic mass is 16.3. The summed E-state index contributed by atoms with van der Waals surface area (Å²) >= 11 is 0. The van der Waals surface area contributed by atoms with Crippen LogP contribution in [0.15, 0.2) is 24.3 Å². The summed E-state index contributed by atoms with van der Waals surface area (Å²) in [6.07, 6.45) is 0.773. The summed E-state index contributed by atoms with van der Waals surface area (Å²) in [6, 6.07) is 8.16. The van der Waals surface area contributed by atoms with E-state index in [0.717, 1.165) is 13.0 Å². The average molecular weight is 246 g/mol. The predicted octanol–water partition coefficient (Wildman–Crippen LogP) is 0.152. The van der Waals surface area contributed by atoms with E-state index in [4.69, 9.17) is 5.11 Å². The first-order valence-corrected chi connectivity index (χ1v) is 6.47. The van der Waals surface area contributed by atoms with Gasteiger partial charge in [0.2, 0.25) is 5.91 Å². The van der Waals surface area contributed by atoms with Crippen molar-refractivity contribution in [3.8, 4) is 0 Å². The fourth-order valence-corrected chi connectivity index (χ4v) is 2.71. The standard InChI is InChI=1S/C14H18N2O2/c17-9-10-7-16(8-10)14(18)13-5-11-3-1-2-4-12(11)6-15-13/h1-4,10,13,15,17H,5-9H2/t13-/m1/s1. The van der Waals surface area contributed by atoms with Crippen LogP contribution in [0.5, 0.6) is 0 Å². The zero-order valence-electron chi connectivity index (χ0n) is 10.3. The summed E-state index contributed by atoms with van der Waals surface area (Å²) in [6.45, 7) is 2.36. The average Bonchev–Trinajstić information content (AvgIpc) is 2.37. The molecule has 3 rings (SSSR count). The van der Waals surface area contributed by atoms with Gasteiger partial charge >= 0.3 is 0 Å². The minimum atomic E-state index is -0.0976. The van der Waals surface area contributed by atoms with E-state index in [2.05, 4.69) is 17.4 Å². The lowest BCUT2D eigenvalue weighted by Crippen LogP contribution is -2.58. The van der Waals surface area contributed by atoms with Crippen LogP contribution in [0.1, 0.15) is 11.1 Å². The van der Waals surface area contributed by atoms with E-state index >= 15 is 0 Å². The monoisotopic (exact) mass is 246 g/mol. The highest BCUT2D eigenvalue weighted by Gasteiger charge is 2.35. The van der Waals surface area contributed by atoms with Crippen molar-refractivity contribution in [1.29, 1.82) is 0 Å². The Morgan fingerprint density at radius 2 is 2.06 bits per heavy atom. The van der Waals surface area contributed by atoms with Gasteiger partial charge in [-0.25, -0.2) is 0 Å². The van der Waals surface area contributed by atoms with Crippen molar-refractivity contribution in [2.75, 3.05) is 19.7 Å². The van der Waals surface area contributed by atoms with Gasteiger partial charge in [0, 0.05) is 32.2 Å². The summed E-state index contributed by atoms with van der Waals surface area (Å²) < 4.78 is 0. The van der Waals surface area contributed by atoms with Gasteiger partial charge in [0.05, 0.1) is 6.04 Å². The van der Waals surface area contributed by atoms with Crippen LogP contribution in [0.2, 0.25) is 0 Å². The maximum absolute atomic E-state index is 12.2. The lowest BCUT2D eigenvalue weighted by Gasteiger charge is -2.41. The minimum Gasteiger partial charge on any atom is -0.396 e. The summed E-state index contributed by atoms with van der Waals surface area (Å²) in [5, 5.41) is 12.3. The van der Waals surface area contributed by atoms with Crippen molar-refractivity contribution in [2.45, 2.75) is 19.0 Å². The number of nitrogens with zero attached hydrogens (tertiary/aromatic N) is 1. The van der Waals surface area contributed by atoms with E-state index in [9.17, 15) is 4.79 Å². The molecule has 4 nitrogen and oxygen atoms in total. The summed E-state index contributed by atoms with van der Waals surface area (Å²) in [5.41, 5.74) is 2.56. The molecule has 0 bridgehead atoms. The zero-order valence-corrected chi connectivity index (χ0v) is 10.3. The first kappa shape index (κ1) is 11.7. The molecule has 4 heteroatoms. The zero-order chi connectivity index (χ0) is 12.5. The maximum Gasteiger partial charge on any atom is 0.240 e. The van der Waals surface area contributed by atoms with Gasteiger partial charge in [0.25, 0.3) is 0 Å². The molecule has 0 aromatic heterocycles. The third-order valence-corrected chi connectivity index (χ3v) is 3.91. The van der Waals surface area contributed by atoms with E-state index in [1.807, 2.05) is 17.0 Å². The fraction of sp³-hybridized carbons (Fsp3) is 0.500. The van der Waals surface area contributed by atoms with Crippen LogP contribution in [0.4, 0.5) is 0 Å². The molecule has 1 atom stereocenters. The molecular weight excluding hydrogens is 228 g/mol. The molecule has 2 heterocycles. The Kier molecular flexibility index (Phi) is 3.06. The van der Waals surface area contributed by atoms with Crippen LogP contribution in [0.25, 0.3) is 0 Å². The number of fused-ring (bicyclic) bond motifs is 1. The Hall–Kier alpha value is -1.39. The lowest BCUT2D eigenvalue weighted by molar-refractivity contribution is -0.141. The normalized spacial score (nSPS) is 23.4. The van der Waals surface area contributed by atoms with Crippen LogP contribution in [-0.4, -0.2) is 41.7 Å². The number of aliphatic hydroxyl groups is 1. The molecule has 2 N–H and O–H groups in total. The number of benzene rings is 1. The third-order valence-electron chi connectivity index (χ3n) is 3.91. The number of carbonyl (C=O) groups is 1. The Bertz CT molecular complexity index is 455. The molecule has 1 saturated heterocycles. The number of aliphatic hydroxyl groups excluding tert-OH is 1. The van der Waals surface area contributed by atoms with Crippen LogP contribution < -0.4 is 5.32 Å². The van der Waals surface area contributed by atoms with Crippen LogP contribution in [-0.2, 0) is 17.8 Å². The summed E-state index contributed by atoms with van der Waals surface area (Å²) in [5.74, 6) is 0.457. The highest BCUT2D eigenvalue weighted by Crippen LogP contribution is 2.21. The predicted molar refractivity (Wildman–Crippen MR) is 67.9 cm³/mol. The molecule has 18 heavy (non-hydrogen) atoms. The van der Waals surface area contributed by atoms with Crippen LogP contribution in [0.3, 0.4) is 0 Å². The number of likely N-dealkylation sites (tertiary alicyclic amines) is 1. The van der Waals surface area contributed by atoms with Gasteiger partial charge < -0.3 is 15.3 Å². The first-order chi connectivity index (χ1) is 8.78. The van der Waals surface area contributed by atoms with E-state index in [1.165, 1.54) is 11.1 Å². The molecule has 0 saturated carbocycles. The SMILES string of the molecule is O=C([C@H]1Cc2ccccc2CN1)N1CC(CO)C1. The molecule has 0 aliphatic carbocycles. The van der Waals surface area contributed by atoms with Crippen molar-refractivity contribution in [1.82, 2.24) is 10.2 Å². The van der Waals surface area contributed by atoms with Gasteiger partial charge in [-0.2, -0.15) is 0 Å². The third kappa shape index (κ3) is 2.02. The number of nitrogens with one attached hydrogen (secondary N) is 1. The Labute approximate surface area is 107 Å². The van der Waals surface area contributed by atoms with Gasteiger partial charge in [-0.15, -0.1) is 0 Å². The van der Waals surface area contributed by atoms with E-state index in [-0.39, 0.29) is 24.5 Å². The smallest absolute Gasteiger partial charge is 0.240 e. The number of hydrogen-bond donors (Lipinski definition) is 2. The lowest BCUT2D eigenvalue weighted by atomic mass is 9.93. The van der Waals surface area contributed by atoms with Gasteiger partial charge in [-0.1, -0.05) is 24.3 Å². The molecule has 0 spiro atoms. The molecule has 1 amide bonds. The first-order valence-electron chi connectivity index (χ1n) is 6.47. The molecular formula is C14H18N2O2. The Morgan fingerprint density at radius 1 is 1.33 bits per heavy atom. The van der Waals surface area contributed by atoms with E-state index < -0.39 is 0 Å². The quantitative estimate of drug-likeness (QED) is 0.781. The topological polar surface area (TPSA) is 52.6 Å². The Balaban J connectivity index is 1.64. The number of rotatable bonds is 2. The molecule has 1 aromatic carbocycles. The summed E-state index contributed by atoms with van der Waals surface area (Å²) in [4.78, 5) is 14.1. The maximum atomic E-state index is 12.2. The van der Waals surface area contributed by atoms with Gasteiger partial charge in [-0.3, -0.25) is 4.79 Å². The molecule has 1 aromatic rings. The minimum absolute atomic E-state index is 0.0976. The molecule has 2 aliphatic heterocycles. The van der Waals surface area contributed by atoms with Crippen molar-refractivity contribution >= 4 is 5.91 Å². The van der Waals surface area contributed by atoms with Crippen molar-refractivity contribution in [3.05, 3.63) is 35.4 Å². The van der Waals surface area contributed by atoms with Crippen LogP contribution in [0, 0.1) is 5.92 Å². The second kappa shape index (κ2) is 4.71. The Morgan fingerprint density at radius 3 is 2.78 bits per heavy atom. The van der Waals surface area contributed by atoms with Gasteiger partial charge in [0.15, 0.2) is 0 Å². The molecule has 2 aliphatic rings. The largest absolute Gasteiger partial charge is 0.396 e. The van der Waals surface area contributed by atoms with Crippen LogP contribution >= 0.6 is 0 Å². The fourth-order valence-electron chi connectivity index (χ4n) is 2.71. The van der Waals surface area contributed by atoms with Crippen molar-refractivity contribution < 1.29 is 9.90 Å².